The second-order valence-corrected chi connectivity index (χ2v) is 4.18. The molecule has 0 spiro atoms. The number of carbonyl (C=O) groups excluding carboxylic acids is 1. The van der Waals surface area contributed by atoms with Crippen molar-refractivity contribution in [2.45, 2.75) is 12.5 Å². The first-order chi connectivity index (χ1) is 7.55. The highest BCUT2D eigenvalue weighted by Gasteiger charge is 2.40. The van der Waals surface area contributed by atoms with Crippen molar-refractivity contribution in [3.8, 4) is 5.75 Å². The smallest absolute Gasteiger partial charge is 0.410 e. The summed E-state index contributed by atoms with van der Waals surface area (Å²) in [6, 6.07) is 7.58. The van der Waals surface area contributed by atoms with Crippen LogP contribution in [0.25, 0.3) is 0 Å². The fraction of sp³-hybridized carbons (Fsp3) is 0.417. The Hall–Kier alpha value is -1.71. The van der Waals surface area contributed by atoms with Crippen LogP contribution in [0.1, 0.15) is 12.5 Å². The van der Waals surface area contributed by atoms with E-state index in [0.717, 1.165) is 11.3 Å². The van der Waals surface area contributed by atoms with E-state index in [2.05, 4.69) is 0 Å². The molecule has 1 aromatic rings. The lowest BCUT2D eigenvalue weighted by Crippen LogP contribution is -2.27. The zero-order valence-corrected chi connectivity index (χ0v) is 9.69. The number of cyclic esters (lactones) is 1. The molecule has 0 aromatic heterocycles. The number of amides is 1. The zero-order valence-electron chi connectivity index (χ0n) is 9.69. The van der Waals surface area contributed by atoms with Crippen LogP contribution in [0.5, 0.6) is 5.75 Å². The molecular formula is C12H15NO3. The van der Waals surface area contributed by atoms with Crippen molar-refractivity contribution in [2.75, 3.05) is 20.7 Å². The largest absolute Gasteiger partial charge is 0.497 e. The number of methoxy groups -OCH3 is 1. The summed E-state index contributed by atoms with van der Waals surface area (Å²) >= 11 is 0. The van der Waals surface area contributed by atoms with Crippen molar-refractivity contribution in [1.29, 1.82) is 0 Å². The van der Waals surface area contributed by atoms with Crippen LogP contribution in [0.15, 0.2) is 24.3 Å². The van der Waals surface area contributed by atoms with Gasteiger partial charge in [0.1, 0.15) is 5.75 Å². The van der Waals surface area contributed by atoms with Gasteiger partial charge in [-0.3, -0.25) is 0 Å². The fourth-order valence-electron chi connectivity index (χ4n) is 1.91. The molecule has 4 nitrogen and oxygen atoms in total. The highest BCUT2D eigenvalue weighted by Crippen LogP contribution is 2.32. The number of nitrogens with zero attached hydrogens (tertiary/aromatic N) is 1. The van der Waals surface area contributed by atoms with Gasteiger partial charge in [-0.25, -0.2) is 4.79 Å². The van der Waals surface area contributed by atoms with Gasteiger partial charge in [-0.1, -0.05) is 12.1 Å². The monoisotopic (exact) mass is 221 g/mol. The SMILES string of the molecule is COc1ccc(C2(C)CN(C)C(=O)O2)cc1. The minimum absolute atomic E-state index is 0.279. The lowest BCUT2D eigenvalue weighted by atomic mass is 9.96. The maximum atomic E-state index is 11.4. The van der Waals surface area contributed by atoms with Gasteiger partial charge in [0.05, 0.1) is 13.7 Å². The van der Waals surface area contributed by atoms with E-state index in [-0.39, 0.29) is 6.09 Å². The third kappa shape index (κ3) is 1.71. The second kappa shape index (κ2) is 3.70. The Labute approximate surface area is 94.8 Å². The number of rotatable bonds is 2. The molecule has 0 radical (unpaired) electrons. The molecule has 0 aliphatic carbocycles. The summed E-state index contributed by atoms with van der Waals surface area (Å²) in [5, 5.41) is 0. The molecule has 1 aromatic carbocycles. The van der Waals surface area contributed by atoms with E-state index >= 15 is 0 Å². The van der Waals surface area contributed by atoms with Crippen LogP contribution in [0, 0.1) is 0 Å². The third-order valence-corrected chi connectivity index (χ3v) is 2.86. The first-order valence-corrected chi connectivity index (χ1v) is 5.14. The summed E-state index contributed by atoms with van der Waals surface area (Å²) in [6.45, 7) is 2.48. The quantitative estimate of drug-likeness (QED) is 0.766. The van der Waals surface area contributed by atoms with Crippen LogP contribution in [0.2, 0.25) is 0 Å². The lowest BCUT2D eigenvalue weighted by Gasteiger charge is -2.22. The van der Waals surface area contributed by atoms with E-state index < -0.39 is 5.60 Å². The Morgan fingerprint density at radius 2 is 2.00 bits per heavy atom. The highest BCUT2D eigenvalue weighted by atomic mass is 16.6. The van der Waals surface area contributed by atoms with Crippen LogP contribution in [0.4, 0.5) is 4.79 Å². The average molecular weight is 221 g/mol. The van der Waals surface area contributed by atoms with E-state index in [1.165, 1.54) is 0 Å². The van der Waals surface area contributed by atoms with Gasteiger partial charge in [-0.05, 0) is 24.6 Å². The fourth-order valence-corrected chi connectivity index (χ4v) is 1.91. The average Bonchev–Trinajstić information content (AvgIpc) is 2.54. The van der Waals surface area contributed by atoms with Gasteiger partial charge < -0.3 is 14.4 Å². The highest BCUT2D eigenvalue weighted by molar-refractivity contribution is 5.70. The molecule has 1 amide bonds. The summed E-state index contributed by atoms with van der Waals surface area (Å²) < 4.78 is 10.5. The molecule has 0 saturated carbocycles. The molecule has 1 unspecified atom stereocenters. The first kappa shape index (κ1) is 10.8. The normalized spacial score (nSPS) is 24.4. The maximum absolute atomic E-state index is 11.4. The van der Waals surface area contributed by atoms with Gasteiger partial charge in [0.25, 0.3) is 0 Å². The predicted octanol–water partition coefficient (Wildman–Crippen LogP) is 1.99. The number of benzene rings is 1. The Morgan fingerprint density at radius 1 is 1.38 bits per heavy atom. The van der Waals surface area contributed by atoms with Gasteiger partial charge in [0.2, 0.25) is 0 Å². The lowest BCUT2D eigenvalue weighted by molar-refractivity contribution is 0.0701. The van der Waals surface area contributed by atoms with Crippen LogP contribution < -0.4 is 4.74 Å². The van der Waals surface area contributed by atoms with Crippen molar-refractivity contribution >= 4 is 6.09 Å². The van der Waals surface area contributed by atoms with E-state index in [4.69, 9.17) is 9.47 Å². The van der Waals surface area contributed by atoms with E-state index in [9.17, 15) is 4.79 Å². The molecule has 1 atom stereocenters. The zero-order chi connectivity index (χ0) is 11.8. The standard InChI is InChI=1S/C12H15NO3/c1-12(8-13(2)11(14)16-12)9-4-6-10(15-3)7-5-9/h4-7H,8H2,1-3H3. The number of carbonyl (C=O) groups is 1. The number of likely N-dealkylation sites (N-methyl/N-ethyl adjacent to an activating group) is 1. The minimum atomic E-state index is -0.557. The Kier molecular flexibility index (Phi) is 2.50. The van der Waals surface area contributed by atoms with Crippen molar-refractivity contribution < 1.29 is 14.3 Å². The van der Waals surface area contributed by atoms with Gasteiger partial charge in [0, 0.05) is 7.05 Å². The Morgan fingerprint density at radius 3 is 2.44 bits per heavy atom. The van der Waals surface area contributed by atoms with E-state index in [1.54, 1.807) is 19.1 Å². The molecule has 2 rings (SSSR count). The number of ether oxygens (including phenoxy) is 2. The van der Waals surface area contributed by atoms with Crippen molar-refractivity contribution in [2.24, 2.45) is 0 Å². The summed E-state index contributed by atoms with van der Waals surface area (Å²) in [6.07, 6.45) is -0.279. The topological polar surface area (TPSA) is 38.8 Å². The molecule has 1 fully saturated rings. The van der Waals surface area contributed by atoms with Crippen LogP contribution in [-0.4, -0.2) is 31.7 Å². The van der Waals surface area contributed by atoms with E-state index in [0.29, 0.717) is 6.54 Å². The molecular weight excluding hydrogens is 206 g/mol. The van der Waals surface area contributed by atoms with Gasteiger partial charge >= 0.3 is 6.09 Å². The van der Waals surface area contributed by atoms with Gasteiger partial charge in [-0.2, -0.15) is 0 Å². The van der Waals surface area contributed by atoms with Crippen molar-refractivity contribution in [3.63, 3.8) is 0 Å². The number of hydrogen-bond donors (Lipinski definition) is 0. The van der Waals surface area contributed by atoms with Gasteiger partial charge in [-0.15, -0.1) is 0 Å². The molecule has 1 aliphatic rings. The molecule has 1 heterocycles. The summed E-state index contributed by atoms with van der Waals surface area (Å²) in [5.41, 5.74) is 0.420. The Bertz CT molecular complexity index is 401. The first-order valence-electron chi connectivity index (χ1n) is 5.14. The molecule has 0 bridgehead atoms. The van der Waals surface area contributed by atoms with E-state index in [1.807, 2.05) is 31.2 Å². The molecule has 4 heteroatoms. The van der Waals surface area contributed by atoms with Gasteiger partial charge in [0.15, 0.2) is 5.60 Å². The molecule has 86 valence electrons. The molecule has 1 saturated heterocycles. The maximum Gasteiger partial charge on any atom is 0.410 e. The summed E-state index contributed by atoms with van der Waals surface area (Å²) in [7, 11) is 3.36. The minimum Gasteiger partial charge on any atom is -0.497 e. The van der Waals surface area contributed by atoms with Crippen molar-refractivity contribution in [1.82, 2.24) is 4.90 Å². The predicted molar refractivity (Wildman–Crippen MR) is 59.5 cm³/mol. The van der Waals surface area contributed by atoms with Crippen LogP contribution in [0.3, 0.4) is 0 Å². The number of hydrogen-bond acceptors (Lipinski definition) is 3. The Balaban J connectivity index is 2.26. The van der Waals surface area contributed by atoms with Crippen LogP contribution >= 0.6 is 0 Å². The molecule has 0 N–H and O–H groups in total. The van der Waals surface area contributed by atoms with Crippen molar-refractivity contribution in [3.05, 3.63) is 29.8 Å². The second-order valence-electron chi connectivity index (χ2n) is 4.18. The summed E-state index contributed by atoms with van der Waals surface area (Å²) in [5.74, 6) is 0.796. The summed E-state index contributed by atoms with van der Waals surface area (Å²) in [4.78, 5) is 12.9. The third-order valence-electron chi connectivity index (χ3n) is 2.86. The molecule has 16 heavy (non-hydrogen) atoms. The molecule has 1 aliphatic heterocycles. The van der Waals surface area contributed by atoms with Crippen LogP contribution in [-0.2, 0) is 10.3 Å².